The third-order valence-corrected chi connectivity index (χ3v) is 4.94. The fourth-order valence-electron chi connectivity index (χ4n) is 3.53. The second kappa shape index (κ2) is 7.34. The maximum Gasteiger partial charge on any atom is 0.272 e. The molecule has 0 bridgehead atoms. The average molecular weight is 396 g/mol. The summed E-state index contributed by atoms with van der Waals surface area (Å²) >= 11 is 0. The SMILES string of the molecule is O=C(NCc1cc([N+](=O)[O-])ccc1O)c1nn(-c2ccccc2F)c2c1CCC2. The second-order valence-corrected chi connectivity index (χ2v) is 6.74. The highest BCUT2D eigenvalue weighted by Gasteiger charge is 2.27. The van der Waals surface area contributed by atoms with Gasteiger partial charge < -0.3 is 10.4 Å². The number of phenolic OH excluding ortho intramolecular Hbond substituents is 1. The van der Waals surface area contributed by atoms with Gasteiger partial charge in [-0.2, -0.15) is 5.10 Å². The van der Waals surface area contributed by atoms with E-state index in [2.05, 4.69) is 10.4 Å². The van der Waals surface area contributed by atoms with Crippen LogP contribution < -0.4 is 5.32 Å². The first kappa shape index (κ1) is 18.6. The predicted octanol–water partition coefficient (Wildman–Crippen LogP) is 3.04. The van der Waals surface area contributed by atoms with Gasteiger partial charge >= 0.3 is 0 Å². The number of amides is 1. The molecule has 1 heterocycles. The van der Waals surface area contributed by atoms with Gasteiger partial charge in [0.2, 0.25) is 0 Å². The molecule has 0 fully saturated rings. The minimum atomic E-state index is -0.576. The number of carbonyl (C=O) groups is 1. The van der Waals surface area contributed by atoms with Crippen molar-refractivity contribution in [3.63, 3.8) is 0 Å². The lowest BCUT2D eigenvalue weighted by Gasteiger charge is -2.07. The molecular formula is C20H17FN4O4. The van der Waals surface area contributed by atoms with Crippen molar-refractivity contribution in [1.82, 2.24) is 15.1 Å². The molecule has 1 aliphatic rings. The summed E-state index contributed by atoms with van der Waals surface area (Å²) in [5.41, 5.74) is 2.09. The summed E-state index contributed by atoms with van der Waals surface area (Å²) in [5, 5.41) is 27.8. The van der Waals surface area contributed by atoms with Crippen molar-refractivity contribution in [3.05, 3.63) is 80.9 Å². The zero-order valence-electron chi connectivity index (χ0n) is 15.3. The number of para-hydroxylation sites is 1. The molecule has 9 heteroatoms. The van der Waals surface area contributed by atoms with Gasteiger partial charge in [-0.1, -0.05) is 12.1 Å². The summed E-state index contributed by atoms with van der Waals surface area (Å²) in [5.74, 6) is -1.07. The number of hydrogen-bond acceptors (Lipinski definition) is 5. The molecule has 1 amide bonds. The zero-order chi connectivity index (χ0) is 20.5. The van der Waals surface area contributed by atoms with Crippen molar-refractivity contribution in [2.24, 2.45) is 0 Å². The number of benzene rings is 2. The number of fused-ring (bicyclic) bond motifs is 1. The highest BCUT2D eigenvalue weighted by molar-refractivity contribution is 5.94. The van der Waals surface area contributed by atoms with Crippen molar-refractivity contribution >= 4 is 11.6 Å². The van der Waals surface area contributed by atoms with Gasteiger partial charge in [-0.15, -0.1) is 0 Å². The summed E-state index contributed by atoms with van der Waals surface area (Å²) in [6, 6.07) is 9.83. The number of hydrogen-bond donors (Lipinski definition) is 2. The van der Waals surface area contributed by atoms with Crippen LogP contribution >= 0.6 is 0 Å². The lowest BCUT2D eigenvalue weighted by molar-refractivity contribution is -0.384. The van der Waals surface area contributed by atoms with Crippen LogP contribution in [0.15, 0.2) is 42.5 Å². The predicted molar refractivity (Wildman–Crippen MR) is 101 cm³/mol. The number of carbonyl (C=O) groups excluding carboxylic acids is 1. The van der Waals surface area contributed by atoms with E-state index in [1.165, 1.54) is 28.9 Å². The van der Waals surface area contributed by atoms with Gasteiger partial charge in [0.05, 0.1) is 4.92 Å². The van der Waals surface area contributed by atoms with Crippen molar-refractivity contribution in [2.45, 2.75) is 25.8 Å². The Bertz CT molecular complexity index is 1130. The molecule has 2 N–H and O–H groups in total. The van der Waals surface area contributed by atoms with E-state index in [1.54, 1.807) is 18.2 Å². The fourth-order valence-corrected chi connectivity index (χ4v) is 3.53. The Morgan fingerprint density at radius 1 is 1.28 bits per heavy atom. The van der Waals surface area contributed by atoms with Gasteiger partial charge in [-0.3, -0.25) is 14.9 Å². The van der Waals surface area contributed by atoms with Gasteiger partial charge in [-0.05, 0) is 37.5 Å². The van der Waals surface area contributed by atoms with E-state index in [9.17, 15) is 24.4 Å². The molecule has 29 heavy (non-hydrogen) atoms. The van der Waals surface area contributed by atoms with Crippen LogP contribution in [0.1, 0.15) is 33.7 Å². The van der Waals surface area contributed by atoms with Gasteiger partial charge in [-0.25, -0.2) is 9.07 Å². The summed E-state index contributed by atoms with van der Waals surface area (Å²) in [6.45, 7) is -0.103. The summed E-state index contributed by atoms with van der Waals surface area (Å²) in [7, 11) is 0. The Hall–Kier alpha value is -3.75. The third kappa shape index (κ3) is 3.42. The number of non-ortho nitro benzene ring substituents is 1. The number of rotatable bonds is 5. The van der Waals surface area contributed by atoms with Crippen LogP contribution in [0.3, 0.4) is 0 Å². The van der Waals surface area contributed by atoms with E-state index in [0.29, 0.717) is 12.8 Å². The van der Waals surface area contributed by atoms with Crippen molar-refractivity contribution < 1.29 is 19.2 Å². The summed E-state index contributed by atoms with van der Waals surface area (Å²) in [4.78, 5) is 23.1. The number of phenols is 1. The van der Waals surface area contributed by atoms with Crippen LogP contribution in [0.25, 0.3) is 5.69 Å². The van der Waals surface area contributed by atoms with Crippen molar-refractivity contribution in [3.8, 4) is 11.4 Å². The van der Waals surface area contributed by atoms with Crippen LogP contribution in [0.2, 0.25) is 0 Å². The standard InChI is InChI=1S/C20H17FN4O4/c21-15-5-1-2-6-17(15)24-16-7-3-4-14(16)19(23-24)20(27)22-11-12-10-13(25(28)29)8-9-18(12)26/h1-2,5-6,8-10,26H,3-4,7,11H2,(H,22,27). The largest absolute Gasteiger partial charge is 0.508 e. The Balaban J connectivity index is 1.61. The summed E-state index contributed by atoms with van der Waals surface area (Å²) < 4.78 is 15.7. The van der Waals surface area contributed by atoms with Gasteiger partial charge in [0, 0.05) is 35.5 Å². The molecule has 0 radical (unpaired) electrons. The smallest absolute Gasteiger partial charge is 0.272 e. The topological polar surface area (TPSA) is 110 Å². The normalized spacial score (nSPS) is 12.6. The summed E-state index contributed by atoms with van der Waals surface area (Å²) in [6.07, 6.45) is 2.19. The molecule has 2 aromatic carbocycles. The molecular weight excluding hydrogens is 379 g/mol. The van der Waals surface area contributed by atoms with Gasteiger partial charge in [0.25, 0.3) is 11.6 Å². The molecule has 1 aromatic heterocycles. The highest BCUT2D eigenvalue weighted by Crippen LogP contribution is 2.29. The van der Waals surface area contributed by atoms with E-state index >= 15 is 0 Å². The lowest BCUT2D eigenvalue weighted by Crippen LogP contribution is -2.24. The van der Waals surface area contributed by atoms with E-state index in [1.807, 2.05) is 0 Å². The van der Waals surface area contributed by atoms with Crippen LogP contribution in [-0.4, -0.2) is 25.7 Å². The Labute approximate surface area is 164 Å². The monoisotopic (exact) mass is 396 g/mol. The first-order valence-corrected chi connectivity index (χ1v) is 9.06. The molecule has 0 saturated heterocycles. The number of halogens is 1. The van der Waals surface area contributed by atoms with E-state index < -0.39 is 16.6 Å². The minimum absolute atomic E-state index is 0.103. The number of aromatic hydroxyl groups is 1. The molecule has 0 aliphatic heterocycles. The molecule has 148 valence electrons. The first-order valence-electron chi connectivity index (χ1n) is 9.06. The maximum atomic E-state index is 14.2. The van der Waals surface area contributed by atoms with Gasteiger partial charge in [0.1, 0.15) is 17.3 Å². The number of nitro benzene ring substituents is 1. The van der Waals surface area contributed by atoms with Crippen molar-refractivity contribution in [1.29, 1.82) is 0 Å². The molecule has 0 saturated carbocycles. The number of nitrogens with one attached hydrogen (secondary N) is 1. The Kier molecular flexibility index (Phi) is 4.71. The average Bonchev–Trinajstić information content (AvgIpc) is 3.30. The molecule has 0 spiro atoms. The van der Waals surface area contributed by atoms with Crippen LogP contribution in [0.5, 0.6) is 5.75 Å². The molecule has 8 nitrogen and oxygen atoms in total. The second-order valence-electron chi connectivity index (χ2n) is 6.74. The number of aromatic nitrogens is 2. The van der Waals surface area contributed by atoms with Crippen molar-refractivity contribution in [2.75, 3.05) is 0 Å². The maximum absolute atomic E-state index is 14.2. The molecule has 4 rings (SSSR count). The molecule has 0 unspecified atom stereocenters. The minimum Gasteiger partial charge on any atom is -0.508 e. The Morgan fingerprint density at radius 3 is 2.83 bits per heavy atom. The molecule has 0 atom stereocenters. The lowest BCUT2D eigenvalue weighted by atomic mass is 10.1. The number of nitro groups is 1. The quantitative estimate of drug-likeness (QED) is 0.509. The molecule has 1 aliphatic carbocycles. The molecule has 3 aromatic rings. The van der Waals surface area contributed by atoms with Gasteiger partial charge in [0.15, 0.2) is 5.69 Å². The zero-order valence-corrected chi connectivity index (χ0v) is 15.3. The Morgan fingerprint density at radius 2 is 2.07 bits per heavy atom. The van der Waals surface area contributed by atoms with E-state index in [0.717, 1.165) is 17.7 Å². The third-order valence-electron chi connectivity index (χ3n) is 4.94. The van der Waals surface area contributed by atoms with E-state index in [4.69, 9.17) is 0 Å². The highest BCUT2D eigenvalue weighted by atomic mass is 19.1. The van der Waals surface area contributed by atoms with Crippen LogP contribution in [0.4, 0.5) is 10.1 Å². The van der Waals surface area contributed by atoms with Crippen LogP contribution in [0, 0.1) is 15.9 Å². The fraction of sp³-hybridized carbons (Fsp3) is 0.200. The van der Waals surface area contributed by atoms with E-state index in [-0.39, 0.29) is 34.9 Å². The van der Waals surface area contributed by atoms with Crippen LogP contribution in [-0.2, 0) is 19.4 Å². The number of nitrogens with zero attached hydrogens (tertiary/aromatic N) is 3. The first-order chi connectivity index (χ1) is 14.0.